The molecule has 5 nitrogen and oxygen atoms in total. The molecule has 5 heteroatoms. The van der Waals surface area contributed by atoms with Crippen LogP contribution in [0.5, 0.6) is 0 Å². The van der Waals surface area contributed by atoms with E-state index in [4.69, 9.17) is 5.73 Å². The maximum absolute atomic E-state index is 12.1. The van der Waals surface area contributed by atoms with Crippen LogP contribution in [0.25, 0.3) is 5.52 Å². The Balaban J connectivity index is 2.23. The normalized spacial score (nSPS) is 13.1. The van der Waals surface area contributed by atoms with Crippen molar-refractivity contribution in [3.63, 3.8) is 0 Å². The highest BCUT2D eigenvalue weighted by atomic mass is 16.1. The van der Waals surface area contributed by atoms with Gasteiger partial charge in [0.15, 0.2) is 0 Å². The molecule has 1 unspecified atom stereocenters. The molecule has 0 aromatic carbocycles. The standard InChI is InChI=1S/C12H18N4O/c1-9(13)4-3-5-15-6-7-16-11(12(15)17)8-10(2)14-16/h6-9H,3-5,13H2,1-2H3. The molecule has 1 atom stereocenters. The van der Waals surface area contributed by atoms with Gasteiger partial charge in [-0.25, -0.2) is 4.52 Å². The first-order valence-electron chi connectivity index (χ1n) is 5.89. The molecule has 2 aromatic rings. The summed E-state index contributed by atoms with van der Waals surface area (Å²) in [5.41, 5.74) is 7.19. The van der Waals surface area contributed by atoms with Crippen molar-refractivity contribution < 1.29 is 0 Å². The van der Waals surface area contributed by atoms with Crippen molar-refractivity contribution in [2.75, 3.05) is 0 Å². The summed E-state index contributed by atoms with van der Waals surface area (Å²) >= 11 is 0. The van der Waals surface area contributed by atoms with Crippen molar-refractivity contribution in [1.82, 2.24) is 14.2 Å². The zero-order valence-electron chi connectivity index (χ0n) is 10.3. The molecule has 0 aliphatic rings. The average Bonchev–Trinajstić information content (AvgIpc) is 2.63. The van der Waals surface area contributed by atoms with Crippen molar-refractivity contribution in [1.29, 1.82) is 0 Å². The van der Waals surface area contributed by atoms with E-state index < -0.39 is 0 Å². The Labute approximate surface area is 99.9 Å². The van der Waals surface area contributed by atoms with Gasteiger partial charge in [-0.15, -0.1) is 0 Å². The molecule has 0 aliphatic heterocycles. The summed E-state index contributed by atoms with van der Waals surface area (Å²) < 4.78 is 3.35. The van der Waals surface area contributed by atoms with Crippen molar-refractivity contribution in [3.8, 4) is 0 Å². The quantitative estimate of drug-likeness (QED) is 0.856. The highest BCUT2D eigenvalue weighted by Gasteiger charge is 2.05. The van der Waals surface area contributed by atoms with Gasteiger partial charge >= 0.3 is 0 Å². The number of nitrogens with zero attached hydrogens (tertiary/aromatic N) is 3. The zero-order valence-corrected chi connectivity index (χ0v) is 10.3. The molecule has 2 aromatic heterocycles. The van der Waals surface area contributed by atoms with E-state index in [1.807, 2.05) is 26.1 Å². The molecule has 2 rings (SSSR count). The van der Waals surface area contributed by atoms with E-state index in [9.17, 15) is 4.79 Å². The third kappa shape index (κ3) is 2.55. The first-order valence-corrected chi connectivity index (χ1v) is 5.89. The Kier molecular flexibility index (Phi) is 3.28. The Hall–Kier alpha value is -1.62. The summed E-state index contributed by atoms with van der Waals surface area (Å²) in [6.07, 6.45) is 5.44. The molecule has 2 N–H and O–H groups in total. The minimum atomic E-state index is 0.0118. The Morgan fingerprint density at radius 2 is 2.24 bits per heavy atom. The van der Waals surface area contributed by atoms with Crippen LogP contribution < -0.4 is 11.3 Å². The van der Waals surface area contributed by atoms with Gasteiger partial charge in [-0.1, -0.05) is 0 Å². The molecule has 0 fully saturated rings. The fraction of sp³-hybridized carbons (Fsp3) is 0.500. The van der Waals surface area contributed by atoms with E-state index in [0.717, 1.165) is 18.5 Å². The molecule has 0 spiro atoms. The van der Waals surface area contributed by atoms with Crippen LogP contribution in [-0.4, -0.2) is 20.2 Å². The number of rotatable bonds is 4. The van der Waals surface area contributed by atoms with Crippen LogP contribution in [-0.2, 0) is 6.54 Å². The van der Waals surface area contributed by atoms with E-state index in [2.05, 4.69) is 5.10 Å². The van der Waals surface area contributed by atoms with E-state index in [0.29, 0.717) is 12.1 Å². The highest BCUT2D eigenvalue weighted by molar-refractivity contribution is 5.44. The third-order valence-corrected chi connectivity index (χ3v) is 2.78. The zero-order chi connectivity index (χ0) is 12.4. The number of hydrogen-bond donors (Lipinski definition) is 1. The molecular weight excluding hydrogens is 216 g/mol. The minimum absolute atomic E-state index is 0.0118. The van der Waals surface area contributed by atoms with Crippen LogP contribution in [0.15, 0.2) is 23.3 Å². The van der Waals surface area contributed by atoms with E-state index in [1.165, 1.54) is 0 Å². The fourth-order valence-electron chi connectivity index (χ4n) is 1.91. The second-order valence-electron chi connectivity index (χ2n) is 4.53. The lowest BCUT2D eigenvalue weighted by atomic mass is 10.2. The van der Waals surface area contributed by atoms with Crippen LogP contribution in [0.4, 0.5) is 0 Å². The van der Waals surface area contributed by atoms with Crippen molar-refractivity contribution in [2.45, 2.75) is 39.3 Å². The lowest BCUT2D eigenvalue weighted by Gasteiger charge is -2.07. The Morgan fingerprint density at radius 3 is 2.94 bits per heavy atom. The number of hydrogen-bond acceptors (Lipinski definition) is 3. The summed E-state index contributed by atoms with van der Waals surface area (Å²) in [6, 6.07) is 2.00. The second kappa shape index (κ2) is 4.71. The van der Waals surface area contributed by atoms with E-state index >= 15 is 0 Å². The predicted molar refractivity (Wildman–Crippen MR) is 67.1 cm³/mol. The van der Waals surface area contributed by atoms with Gasteiger partial charge in [0.2, 0.25) is 0 Å². The number of nitrogens with two attached hydrogens (primary N) is 1. The van der Waals surface area contributed by atoms with Gasteiger partial charge in [0.1, 0.15) is 5.52 Å². The molecule has 0 bridgehead atoms. The lowest BCUT2D eigenvalue weighted by molar-refractivity contribution is 0.547. The summed E-state index contributed by atoms with van der Waals surface area (Å²) in [5.74, 6) is 0. The topological polar surface area (TPSA) is 65.3 Å². The van der Waals surface area contributed by atoms with Gasteiger partial charge < -0.3 is 10.3 Å². The molecule has 2 heterocycles. The largest absolute Gasteiger partial charge is 0.328 e. The second-order valence-corrected chi connectivity index (χ2v) is 4.53. The molecule has 17 heavy (non-hydrogen) atoms. The SMILES string of the molecule is Cc1cc2c(=O)n(CCCC(C)N)ccn2n1. The number of fused-ring (bicyclic) bond motifs is 1. The van der Waals surface area contributed by atoms with Crippen LogP contribution in [0.1, 0.15) is 25.5 Å². The van der Waals surface area contributed by atoms with Crippen LogP contribution in [0, 0.1) is 6.92 Å². The van der Waals surface area contributed by atoms with E-state index in [1.54, 1.807) is 15.3 Å². The number of aryl methyl sites for hydroxylation is 2. The van der Waals surface area contributed by atoms with E-state index in [-0.39, 0.29) is 11.6 Å². The van der Waals surface area contributed by atoms with Gasteiger partial charge in [0.25, 0.3) is 5.56 Å². The molecule has 0 saturated carbocycles. The summed E-state index contributed by atoms with van der Waals surface area (Å²) in [4.78, 5) is 12.1. The van der Waals surface area contributed by atoms with Crippen molar-refractivity contribution in [3.05, 3.63) is 34.5 Å². The molecule has 0 amide bonds. The van der Waals surface area contributed by atoms with Gasteiger partial charge in [-0.2, -0.15) is 5.10 Å². The van der Waals surface area contributed by atoms with Crippen LogP contribution >= 0.6 is 0 Å². The van der Waals surface area contributed by atoms with Crippen molar-refractivity contribution in [2.24, 2.45) is 5.73 Å². The molecule has 92 valence electrons. The number of aromatic nitrogens is 3. The summed E-state index contributed by atoms with van der Waals surface area (Å²) in [5, 5.41) is 4.21. The van der Waals surface area contributed by atoms with Crippen LogP contribution in [0.2, 0.25) is 0 Å². The summed E-state index contributed by atoms with van der Waals surface area (Å²) in [6.45, 7) is 4.57. The molecule has 0 aliphatic carbocycles. The molecule has 0 radical (unpaired) electrons. The lowest BCUT2D eigenvalue weighted by Crippen LogP contribution is -2.22. The first kappa shape index (κ1) is 11.9. The smallest absolute Gasteiger partial charge is 0.276 e. The fourth-order valence-corrected chi connectivity index (χ4v) is 1.91. The molecular formula is C12H18N4O. The van der Waals surface area contributed by atoms with Gasteiger partial charge in [-0.3, -0.25) is 4.79 Å². The van der Waals surface area contributed by atoms with Gasteiger partial charge in [0.05, 0.1) is 5.69 Å². The van der Waals surface area contributed by atoms with Crippen molar-refractivity contribution >= 4 is 5.52 Å². The molecule has 0 saturated heterocycles. The predicted octanol–water partition coefficient (Wildman–Crippen LogP) is 0.932. The average molecular weight is 234 g/mol. The maximum atomic E-state index is 12.1. The van der Waals surface area contributed by atoms with Gasteiger partial charge in [0, 0.05) is 25.0 Å². The Bertz CT molecular complexity index is 567. The third-order valence-electron chi connectivity index (χ3n) is 2.78. The minimum Gasteiger partial charge on any atom is -0.328 e. The van der Waals surface area contributed by atoms with Gasteiger partial charge in [-0.05, 0) is 32.8 Å². The summed E-state index contributed by atoms with van der Waals surface area (Å²) in [7, 11) is 0. The maximum Gasteiger partial charge on any atom is 0.276 e. The Morgan fingerprint density at radius 1 is 1.47 bits per heavy atom. The van der Waals surface area contributed by atoms with Crippen LogP contribution in [0.3, 0.4) is 0 Å². The monoisotopic (exact) mass is 234 g/mol. The first-order chi connectivity index (χ1) is 8.08. The highest BCUT2D eigenvalue weighted by Crippen LogP contribution is 2.01.